The minimum atomic E-state index is -0.347. The van der Waals surface area contributed by atoms with Crippen LogP contribution in [0.3, 0.4) is 0 Å². The second-order valence-corrected chi connectivity index (χ2v) is 6.11. The number of carbonyl (C=O) groups excluding carboxylic acids is 1. The number of aryl methyl sites for hydroxylation is 1. The van der Waals surface area contributed by atoms with Gasteiger partial charge in [-0.25, -0.2) is 9.78 Å². The molecular weight excluding hydrogens is 270 g/mol. The predicted octanol–water partition coefficient (Wildman–Crippen LogP) is 4.42. The second kappa shape index (κ2) is 6.18. The van der Waals surface area contributed by atoms with Crippen LogP contribution in [0.5, 0.6) is 0 Å². The molecule has 0 aliphatic rings. The first-order chi connectivity index (χ1) is 9.52. The molecule has 1 aromatic carbocycles. The van der Waals surface area contributed by atoms with Gasteiger partial charge in [-0.05, 0) is 30.9 Å². The maximum atomic E-state index is 11.9. The number of nitrogens with zero attached hydrogens (tertiary/aromatic N) is 1. The Bertz CT molecular complexity index is 599. The predicted molar refractivity (Wildman–Crippen MR) is 82.3 cm³/mol. The van der Waals surface area contributed by atoms with Crippen LogP contribution >= 0.6 is 11.3 Å². The highest BCUT2D eigenvalue weighted by molar-refractivity contribution is 7.15. The first-order valence-corrected chi connectivity index (χ1v) is 7.59. The van der Waals surface area contributed by atoms with Crippen molar-refractivity contribution >= 4 is 17.3 Å². The third kappa shape index (κ3) is 3.07. The molecular formula is C16H19NO2S. The lowest BCUT2D eigenvalue weighted by atomic mass is 10.0. The number of hydrogen-bond donors (Lipinski definition) is 0. The topological polar surface area (TPSA) is 39.2 Å². The smallest absolute Gasteiger partial charge is 0.358 e. The summed E-state index contributed by atoms with van der Waals surface area (Å²) in [5.41, 5.74) is 2.72. The Morgan fingerprint density at radius 1 is 1.30 bits per heavy atom. The van der Waals surface area contributed by atoms with E-state index < -0.39 is 0 Å². The lowest BCUT2D eigenvalue weighted by Gasteiger charge is -2.07. The largest absolute Gasteiger partial charge is 0.461 e. The molecule has 0 unspecified atom stereocenters. The van der Waals surface area contributed by atoms with E-state index in [0.29, 0.717) is 18.2 Å². The van der Waals surface area contributed by atoms with Crippen molar-refractivity contribution < 1.29 is 9.53 Å². The Balaban J connectivity index is 2.39. The van der Waals surface area contributed by atoms with Gasteiger partial charge in [-0.1, -0.05) is 38.1 Å². The summed E-state index contributed by atoms with van der Waals surface area (Å²) in [6.45, 7) is 8.39. The molecule has 0 spiro atoms. The monoisotopic (exact) mass is 289 g/mol. The first-order valence-electron chi connectivity index (χ1n) is 6.77. The number of thiazole rings is 1. The van der Waals surface area contributed by atoms with Crippen LogP contribution in [-0.2, 0) is 4.74 Å². The van der Waals surface area contributed by atoms with Crippen molar-refractivity contribution in [2.45, 2.75) is 33.6 Å². The normalized spacial score (nSPS) is 10.8. The zero-order valence-electron chi connectivity index (χ0n) is 12.3. The average molecular weight is 289 g/mol. The van der Waals surface area contributed by atoms with E-state index in [1.807, 2.05) is 19.1 Å². The number of rotatable bonds is 4. The highest BCUT2D eigenvalue weighted by Crippen LogP contribution is 2.31. The van der Waals surface area contributed by atoms with E-state index in [4.69, 9.17) is 4.74 Å². The molecule has 2 aromatic rings. The number of carbonyl (C=O) groups is 1. The molecule has 1 heterocycles. The Kier molecular flexibility index (Phi) is 4.55. The van der Waals surface area contributed by atoms with E-state index in [1.54, 1.807) is 6.92 Å². The van der Waals surface area contributed by atoms with Gasteiger partial charge in [-0.2, -0.15) is 0 Å². The van der Waals surface area contributed by atoms with Crippen LogP contribution in [0, 0.1) is 6.92 Å². The highest BCUT2D eigenvalue weighted by atomic mass is 32.1. The Hall–Kier alpha value is -1.68. The number of aromatic nitrogens is 1. The summed E-state index contributed by atoms with van der Waals surface area (Å²) in [7, 11) is 0. The van der Waals surface area contributed by atoms with Crippen molar-refractivity contribution in [1.29, 1.82) is 0 Å². The molecule has 4 heteroatoms. The standard InChI is InChI=1S/C16H19NO2S/c1-5-19-16(18)14-15(20-11(4)17-14)13-8-6-12(7-9-13)10(2)3/h6-10H,5H2,1-4H3. The van der Waals surface area contributed by atoms with Gasteiger partial charge in [0.1, 0.15) is 0 Å². The van der Waals surface area contributed by atoms with Crippen molar-refractivity contribution in [3.63, 3.8) is 0 Å². The average Bonchev–Trinajstić information content (AvgIpc) is 2.81. The maximum absolute atomic E-state index is 11.9. The minimum absolute atomic E-state index is 0.347. The molecule has 0 fully saturated rings. The molecule has 2 rings (SSSR count). The van der Waals surface area contributed by atoms with Crippen LogP contribution < -0.4 is 0 Å². The summed E-state index contributed by atoms with van der Waals surface area (Å²) >= 11 is 1.52. The van der Waals surface area contributed by atoms with Crippen molar-refractivity contribution in [2.75, 3.05) is 6.61 Å². The molecule has 0 saturated carbocycles. The van der Waals surface area contributed by atoms with Crippen LogP contribution in [0.2, 0.25) is 0 Å². The minimum Gasteiger partial charge on any atom is -0.461 e. The van der Waals surface area contributed by atoms with Crippen LogP contribution in [0.1, 0.15) is 47.7 Å². The van der Waals surface area contributed by atoms with Gasteiger partial charge in [0.25, 0.3) is 0 Å². The van der Waals surface area contributed by atoms with Crippen LogP contribution in [0.15, 0.2) is 24.3 Å². The van der Waals surface area contributed by atoms with E-state index in [0.717, 1.165) is 15.4 Å². The number of esters is 1. The first kappa shape index (κ1) is 14.7. The van der Waals surface area contributed by atoms with Gasteiger partial charge in [0, 0.05) is 0 Å². The molecule has 0 atom stereocenters. The van der Waals surface area contributed by atoms with Gasteiger partial charge in [0.05, 0.1) is 16.5 Å². The van der Waals surface area contributed by atoms with Gasteiger partial charge in [-0.3, -0.25) is 0 Å². The molecule has 0 aliphatic heterocycles. The summed E-state index contributed by atoms with van der Waals surface area (Å²) in [6.07, 6.45) is 0. The fourth-order valence-corrected chi connectivity index (χ4v) is 2.89. The Morgan fingerprint density at radius 3 is 2.50 bits per heavy atom. The summed E-state index contributed by atoms with van der Waals surface area (Å²) in [5, 5.41) is 0.871. The van der Waals surface area contributed by atoms with Gasteiger partial charge in [0.2, 0.25) is 0 Å². The number of hydrogen-bond acceptors (Lipinski definition) is 4. The van der Waals surface area contributed by atoms with Crippen LogP contribution in [0.25, 0.3) is 10.4 Å². The van der Waals surface area contributed by atoms with Crippen molar-refractivity contribution in [1.82, 2.24) is 4.98 Å². The molecule has 0 bridgehead atoms. The lowest BCUT2D eigenvalue weighted by Crippen LogP contribution is -2.06. The maximum Gasteiger partial charge on any atom is 0.358 e. The SMILES string of the molecule is CCOC(=O)c1nc(C)sc1-c1ccc(C(C)C)cc1. The molecule has 20 heavy (non-hydrogen) atoms. The van der Waals surface area contributed by atoms with Crippen LogP contribution in [-0.4, -0.2) is 17.6 Å². The molecule has 106 valence electrons. The summed E-state index contributed by atoms with van der Waals surface area (Å²) in [5.74, 6) is 0.150. The molecule has 0 aliphatic carbocycles. The second-order valence-electron chi connectivity index (χ2n) is 4.91. The summed E-state index contributed by atoms with van der Waals surface area (Å²) in [4.78, 5) is 17.1. The molecule has 3 nitrogen and oxygen atoms in total. The van der Waals surface area contributed by atoms with E-state index in [1.165, 1.54) is 16.9 Å². The third-order valence-corrected chi connectivity index (χ3v) is 4.06. The Labute approximate surface area is 123 Å². The molecule has 0 amide bonds. The number of benzene rings is 1. The van der Waals surface area contributed by atoms with Crippen molar-refractivity contribution in [3.05, 3.63) is 40.5 Å². The van der Waals surface area contributed by atoms with Crippen LogP contribution in [0.4, 0.5) is 0 Å². The summed E-state index contributed by atoms with van der Waals surface area (Å²) in [6, 6.07) is 8.30. The van der Waals surface area contributed by atoms with E-state index in [2.05, 4.69) is 31.0 Å². The van der Waals surface area contributed by atoms with E-state index in [9.17, 15) is 4.79 Å². The molecule has 0 saturated heterocycles. The molecule has 1 aromatic heterocycles. The van der Waals surface area contributed by atoms with E-state index in [-0.39, 0.29) is 5.97 Å². The van der Waals surface area contributed by atoms with Gasteiger partial charge >= 0.3 is 5.97 Å². The van der Waals surface area contributed by atoms with Gasteiger partial charge in [0.15, 0.2) is 5.69 Å². The third-order valence-electron chi connectivity index (χ3n) is 3.04. The lowest BCUT2D eigenvalue weighted by molar-refractivity contribution is 0.0521. The van der Waals surface area contributed by atoms with Gasteiger partial charge < -0.3 is 4.74 Å². The zero-order chi connectivity index (χ0) is 14.7. The number of ether oxygens (including phenoxy) is 1. The quantitative estimate of drug-likeness (QED) is 0.782. The van der Waals surface area contributed by atoms with Crippen molar-refractivity contribution in [3.8, 4) is 10.4 Å². The zero-order valence-corrected chi connectivity index (χ0v) is 13.1. The Morgan fingerprint density at radius 2 is 1.95 bits per heavy atom. The fraction of sp³-hybridized carbons (Fsp3) is 0.375. The van der Waals surface area contributed by atoms with Crippen molar-refractivity contribution in [2.24, 2.45) is 0 Å². The molecule has 0 N–H and O–H groups in total. The molecule has 0 radical (unpaired) electrons. The van der Waals surface area contributed by atoms with E-state index >= 15 is 0 Å². The fourth-order valence-electron chi connectivity index (χ4n) is 1.98. The van der Waals surface area contributed by atoms with Gasteiger partial charge in [-0.15, -0.1) is 11.3 Å². The highest BCUT2D eigenvalue weighted by Gasteiger charge is 2.19. The summed E-state index contributed by atoms with van der Waals surface area (Å²) < 4.78 is 5.07.